The van der Waals surface area contributed by atoms with Crippen LogP contribution in [0, 0.1) is 13.8 Å². The molecule has 2 rings (SSSR count). The number of amides is 4. The van der Waals surface area contributed by atoms with E-state index in [1.165, 1.54) is 0 Å². The zero-order valence-electron chi connectivity index (χ0n) is 13.1. The van der Waals surface area contributed by atoms with Gasteiger partial charge in [-0.3, -0.25) is 24.1 Å². The number of carbonyl (C=O) groups is 4. The van der Waals surface area contributed by atoms with Crippen molar-refractivity contribution < 1.29 is 19.2 Å². The summed E-state index contributed by atoms with van der Waals surface area (Å²) >= 11 is 6.99. The number of hydrogen-bond donors (Lipinski definition) is 2. The van der Waals surface area contributed by atoms with Crippen LogP contribution in [0.5, 0.6) is 0 Å². The van der Waals surface area contributed by atoms with E-state index in [1.54, 1.807) is 13.0 Å². The number of nitrogens with zero attached hydrogens (tertiary/aromatic N) is 1. The number of nitrogens with one attached hydrogen (secondary N) is 2. The summed E-state index contributed by atoms with van der Waals surface area (Å²) in [5, 5.41) is 4.84. The molecule has 0 atom stereocenters. The fourth-order valence-corrected chi connectivity index (χ4v) is 3.32. The summed E-state index contributed by atoms with van der Waals surface area (Å²) in [6, 6.07) is 3.52. The monoisotopic (exact) mass is 369 g/mol. The van der Waals surface area contributed by atoms with Crippen LogP contribution in [0.3, 0.4) is 0 Å². The number of benzene rings is 1. The van der Waals surface area contributed by atoms with Crippen LogP contribution in [-0.2, 0) is 14.4 Å². The SMILES string of the molecule is Cc1cc(C)c(NC(=O)C(=O)NCCN2C(=O)CSC2=O)c(Cl)c1. The first-order chi connectivity index (χ1) is 11.3. The first-order valence-corrected chi connectivity index (χ1v) is 8.49. The van der Waals surface area contributed by atoms with Crippen molar-refractivity contribution in [3.05, 3.63) is 28.3 Å². The summed E-state index contributed by atoms with van der Waals surface area (Å²) in [5.74, 6) is -1.92. The predicted octanol–water partition coefficient (Wildman–Crippen LogP) is 1.71. The molecule has 7 nitrogen and oxygen atoms in total. The van der Waals surface area contributed by atoms with Crippen molar-refractivity contribution in [2.75, 3.05) is 24.2 Å². The summed E-state index contributed by atoms with van der Waals surface area (Å²) < 4.78 is 0. The largest absolute Gasteiger partial charge is 0.346 e. The molecule has 1 aromatic rings. The lowest BCUT2D eigenvalue weighted by atomic mass is 10.1. The smallest absolute Gasteiger partial charge is 0.313 e. The molecule has 0 unspecified atom stereocenters. The molecule has 128 valence electrons. The van der Waals surface area contributed by atoms with Crippen LogP contribution in [0.2, 0.25) is 5.02 Å². The molecule has 1 aliphatic rings. The van der Waals surface area contributed by atoms with Gasteiger partial charge in [0.05, 0.1) is 16.5 Å². The molecule has 1 heterocycles. The maximum atomic E-state index is 11.9. The van der Waals surface area contributed by atoms with Gasteiger partial charge in [-0.1, -0.05) is 29.4 Å². The van der Waals surface area contributed by atoms with E-state index >= 15 is 0 Å². The third kappa shape index (κ3) is 4.27. The Bertz CT molecular complexity index is 684. The molecular weight excluding hydrogens is 354 g/mol. The number of aryl methyl sites for hydroxylation is 2. The normalized spacial score (nSPS) is 14.0. The summed E-state index contributed by atoms with van der Waals surface area (Å²) in [4.78, 5) is 47.6. The van der Waals surface area contributed by atoms with Crippen molar-refractivity contribution in [2.45, 2.75) is 13.8 Å². The highest BCUT2D eigenvalue weighted by atomic mass is 35.5. The molecule has 1 fully saturated rings. The quantitative estimate of drug-likeness (QED) is 0.788. The highest BCUT2D eigenvalue weighted by molar-refractivity contribution is 8.14. The minimum absolute atomic E-state index is 0.00487. The maximum Gasteiger partial charge on any atom is 0.313 e. The fraction of sp³-hybridized carbons (Fsp3) is 0.333. The molecule has 9 heteroatoms. The first-order valence-electron chi connectivity index (χ1n) is 7.12. The Balaban J connectivity index is 1.88. The molecular formula is C15H16ClN3O4S. The van der Waals surface area contributed by atoms with E-state index in [1.807, 2.05) is 13.0 Å². The van der Waals surface area contributed by atoms with Gasteiger partial charge in [-0.15, -0.1) is 0 Å². The second-order valence-corrected chi connectivity index (χ2v) is 6.58. The van der Waals surface area contributed by atoms with Gasteiger partial charge >= 0.3 is 11.8 Å². The Morgan fingerprint density at radius 2 is 1.96 bits per heavy atom. The molecule has 0 saturated carbocycles. The lowest BCUT2D eigenvalue weighted by Crippen LogP contribution is -2.41. The molecule has 24 heavy (non-hydrogen) atoms. The summed E-state index contributed by atoms with van der Waals surface area (Å²) in [6.45, 7) is 3.68. The zero-order valence-corrected chi connectivity index (χ0v) is 14.7. The highest BCUT2D eigenvalue weighted by Gasteiger charge is 2.29. The number of imide groups is 1. The number of anilines is 1. The van der Waals surface area contributed by atoms with E-state index in [-0.39, 0.29) is 30.0 Å². The Morgan fingerprint density at radius 3 is 2.54 bits per heavy atom. The topological polar surface area (TPSA) is 95.6 Å². The van der Waals surface area contributed by atoms with E-state index in [9.17, 15) is 19.2 Å². The summed E-state index contributed by atoms with van der Waals surface area (Å²) in [7, 11) is 0. The first kappa shape index (κ1) is 18.3. The third-order valence-electron chi connectivity index (χ3n) is 3.34. The average Bonchev–Trinajstić information content (AvgIpc) is 2.82. The molecule has 0 aliphatic carbocycles. The van der Waals surface area contributed by atoms with Gasteiger partial charge in [0.25, 0.3) is 5.24 Å². The van der Waals surface area contributed by atoms with Crippen molar-refractivity contribution in [1.82, 2.24) is 10.2 Å². The highest BCUT2D eigenvalue weighted by Crippen LogP contribution is 2.27. The number of hydrogen-bond acceptors (Lipinski definition) is 5. The van der Waals surface area contributed by atoms with E-state index in [4.69, 9.17) is 11.6 Å². The van der Waals surface area contributed by atoms with Crippen molar-refractivity contribution in [1.29, 1.82) is 0 Å². The standard InChI is InChI=1S/C15H16ClN3O4S/c1-8-5-9(2)12(10(16)6-8)18-14(22)13(21)17-3-4-19-11(20)7-24-15(19)23/h5-6H,3-4,7H2,1-2H3,(H,17,21)(H,18,22). The summed E-state index contributed by atoms with van der Waals surface area (Å²) in [5.41, 5.74) is 2.06. The van der Waals surface area contributed by atoms with Crippen molar-refractivity contribution in [2.24, 2.45) is 0 Å². The van der Waals surface area contributed by atoms with Gasteiger partial charge in [-0.2, -0.15) is 0 Å². The van der Waals surface area contributed by atoms with Gasteiger partial charge in [0.2, 0.25) is 5.91 Å². The summed E-state index contributed by atoms with van der Waals surface area (Å²) in [6.07, 6.45) is 0. The maximum absolute atomic E-state index is 11.9. The minimum Gasteiger partial charge on any atom is -0.346 e. The van der Waals surface area contributed by atoms with Crippen LogP contribution >= 0.6 is 23.4 Å². The molecule has 0 spiro atoms. The molecule has 1 aliphatic heterocycles. The van der Waals surface area contributed by atoms with Crippen LogP contribution in [-0.4, -0.2) is 46.7 Å². The van der Waals surface area contributed by atoms with E-state index in [0.717, 1.165) is 27.8 Å². The Labute approximate surface area is 148 Å². The van der Waals surface area contributed by atoms with Gasteiger partial charge in [-0.25, -0.2) is 0 Å². The van der Waals surface area contributed by atoms with Gasteiger partial charge in [0.15, 0.2) is 0 Å². The van der Waals surface area contributed by atoms with Crippen LogP contribution in [0.15, 0.2) is 12.1 Å². The minimum atomic E-state index is -0.864. The fourth-order valence-electron chi connectivity index (χ4n) is 2.20. The number of carbonyl (C=O) groups excluding carboxylic acids is 4. The van der Waals surface area contributed by atoms with Crippen molar-refractivity contribution >= 4 is 52.0 Å². The molecule has 0 bridgehead atoms. The van der Waals surface area contributed by atoms with Crippen molar-refractivity contribution in [3.8, 4) is 0 Å². The molecule has 2 N–H and O–H groups in total. The number of rotatable bonds is 4. The molecule has 1 aromatic carbocycles. The number of halogens is 1. The van der Waals surface area contributed by atoms with Crippen LogP contribution in [0.4, 0.5) is 10.5 Å². The Kier molecular flexibility index (Phi) is 5.84. The Hall–Kier alpha value is -2.06. The third-order valence-corrected chi connectivity index (χ3v) is 4.49. The molecule has 0 aromatic heterocycles. The van der Waals surface area contributed by atoms with E-state index in [2.05, 4.69) is 10.6 Å². The molecule has 4 amide bonds. The van der Waals surface area contributed by atoms with Gasteiger partial charge < -0.3 is 10.6 Å². The lowest BCUT2D eigenvalue weighted by molar-refractivity contribution is -0.136. The van der Waals surface area contributed by atoms with Crippen LogP contribution in [0.1, 0.15) is 11.1 Å². The van der Waals surface area contributed by atoms with Crippen LogP contribution in [0.25, 0.3) is 0 Å². The Morgan fingerprint density at radius 1 is 1.25 bits per heavy atom. The lowest BCUT2D eigenvalue weighted by Gasteiger charge is -2.14. The van der Waals surface area contributed by atoms with Gasteiger partial charge in [-0.05, 0) is 31.0 Å². The number of thioether (sulfide) groups is 1. The van der Waals surface area contributed by atoms with E-state index in [0.29, 0.717) is 10.7 Å². The van der Waals surface area contributed by atoms with E-state index < -0.39 is 11.8 Å². The van der Waals surface area contributed by atoms with Crippen molar-refractivity contribution in [3.63, 3.8) is 0 Å². The predicted molar refractivity (Wildman–Crippen MR) is 92.1 cm³/mol. The van der Waals surface area contributed by atoms with Gasteiger partial charge in [0, 0.05) is 13.1 Å². The zero-order chi connectivity index (χ0) is 17.9. The van der Waals surface area contributed by atoms with Gasteiger partial charge in [0.1, 0.15) is 0 Å². The second-order valence-electron chi connectivity index (χ2n) is 5.25. The average molecular weight is 370 g/mol. The molecule has 0 radical (unpaired) electrons. The second kappa shape index (κ2) is 7.67. The van der Waals surface area contributed by atoms with Crippen LogP contribution < -0.4 is 10.6 Å². The molecule has 1 saturated heterocycles.